The van der Waals surface area contributed by atoms with Gasteiger partial charge in [0.1, 0.15) is 6.10 Å². The van der Waals surface area contributed by atoms with Gasteiger partial charge in [-0.25, -0.2) is 4.98 Å². The maximum Gasteiger partial charge on any atom is 0.416 e. The lowest BCUT2D eigenvalue weighted by atomic mass is 10.1. The minimum Gasteiger partial charge on any atom is -0.482 e. The van der Waals surface area contributed by atoms with E-state index in [9.17, 15) is 18.0 Å². The number of benzene rings is 2. The normalized spacial score (nSPS) is 12.3. The average Bonchev–Trinajstić information content (AvgIpc) is 2.71. The van der Waals surface area contributed by atoms with E-state index in [1.54, 1.807) is 32.0 Å². The van der Waals surface area contributed by atoms with E-state index in [-0.39, 0.29) is 11.4 Å². The number of nitrogens with two attached hydrogens (primary N) is 1. The molecule has 3 aromatic rings. The topological polar surface area (TPSA) is 77.2 Å². The zero-order chi connectivity index (χ0) is 22.8. The number of anilines is 2. The number of nitrogens with zero attached hydrogens (tertiary/aromatic N) is 1. The van der Waals surface area contributed by atoms with Crippen LogP contribution in [0.3, 0.4) is 0 Å². The van der Waals surface area contributed by atoms with Gasteiger partial charge < -0.3 is 15.8 Å². The Morgan fingerprint density at radius 3 is 2.65 bits per heavy atom. The lowest BCUT2D eigenvalue weighted by Crippen LogP contribution is -2.15. The fourth-order valence-electron chi connectivity index (χ4n) is 2.84. The SMILES string of the molecule is Cc1ccc(C(C)Oc2cc(Cl)cnc2N)cc1NC(=O)c1cccc(C(F)(F)F)c1. The first-order valence-electron chi connectivity index (χ1n) is 9.21. The third-order valence-corrected chi connectivity index (χ3v) is 4.79. The molecule has 1 atom stereocenters. The van der Waals surface area contributed by atoms with E-state index in [0.717, 1.165) is 17.7 Å². The fourth-order valence-corrected chi connectivity index (χ4v) is 2.99. The van der Waals surface area contributed by atoms with Gasteiger partial charge in [0.2, 0.25) is 0 Å². The molecule has 0 spiro atoms. The van der Waals surface area contributed by atoms with Crippen molar-refractivity contribution < 1.29 is 22.7 Å². The van der Waals surface area contributed by atoms with E-state index in [4.69, 9.17) is 22.1 Å². The predicted octanol–water partition coefficient (Wildman–Crippen LogP) is 6.04. The van der Waals surface area contributed by atoms with Gasteiger partial charge in [-0.1, -0.05) is 29.8 Å². The summed E-state index contributed by atoms with van der Waals surface area (Å²) in [6.07, 6.45) is -3.59. The van der Waals surface area contributed by atoms with E-state index in [2.05, 4.69) is 10.3 Å². The Morgan fingerprint density at radius 1 is 1.19 bits per heavy atom. The van der Waals surface area contributed by atoms with E-state index in [0.29, 0.717) is 22.0 Å². The second-order valence-electron chi connectivity index (χ2n) is 6.90. The summed E-state index contributed by atoms with van der Waals surface area (Å²) in [6.45, 7) is 3.55. The number of amides is 1. The number of alkyl halides is 3. The van der Waals surface area contributed by atoms with Crippen LogP contribution >= 0.6 is 11.6 Å². The molecule has 1 heterocycles. The van der Waals surface area contributed by atoms with Crippen LogP contribution in [0, 0.1) is 6.92 Å². The third kappa shape index (κ3) is 5.46. The first kappa shape index (κ1) is 22.4. The number of rotatable bonds is 5. The Hall–Kier alpha value is -3.26. The van der Waals surface area contributed by atoms with Crippen LogP contribution in [0.1, 0.15) is 40.1 Å². The molecule has 0 aliphatic heterocycles. The number of hydrogen-bond acceptors (Lipinski definition) is 4. The van der Waals surface area contributed by atoms with E-state index < -0.39 is 23.8 Å². The average molecular weight is 450 g/mol. The number of aromatic nitrogens is 1. The summed E-state index contributed by atoms with van der Waals surface area (Å²) in [5.74, 6) is -0.153. The number of carbonyl (C=O) groups is 1. The summed E-state index contributed by atoms with van der Waals surface area (Å²) < 4.78 is 44.6. The molecule has 0 radical (unpaired) electrons. The molecular weight excluding hydrogens is 431 g/mol. The Kier molecular flexibility index (Phi) is 6.40. The van der Waals surface area contributed by atoms with Crippen molar-refractivity contribution in [3.63, 3.8) is 0 Å². The minimum absolute atomic E-state index is 0.0956. The quantitative estimate of drug-likeness (QED) is 0.498. The summed E-state index contributed by atoms with van der Waals surface area (Å²) in [4.78, 5) is 16.5. The van der Waals surface area contributed by atoms with Gasteiger partial charge in [0.25, 0.3) is 5.91 Å². The lowest BCUT2D eigenvalue weighted by Gasteiger charge is -2.18. The largest absolute Gasteiger partial charge is 0.482 e. The molecule has 31 heavy (non-hydrogen) atoms. The van der Waals surface area contributed by atoms with E-state index in [1.807, 2.05) is 6.07 Å². The molecule has 0 bridgehead atoms. The van der Waals surface area contributed by atoms with Gasteiger partial charge in [-0.05, 0) is 49.2 Å². The number of aryl methyl sites for hydroxylation is 1. The molecule has 1 aromatic heterocycles. The fraction of sp³-hybridized carbons (Fsp3) is 0.182. The Balaban J connectivity index is 1.81. The van der Waals surface area contributed by atoms with Crippen LogP contribution in [0.25, 0.3) is 0 Å². The van der Waals surface area contributed by atoms with Crippen molar-refractivity contribution in [2.24, 2.45) is 0 Å². The summed E-state index contributed by atoms with van der Waals surface area (Å²) in [7, 11) is 0. The van der Waals surface area contributed by atoms with Crippen molar-refractivity contribution in [1.82, 2.24) is 4.98 Å². The van der Waals surface area contributed by atoms with Crippen LogP contribution in [0.2, 0.25) is 5.02 Å². The molecule has 2 aromatic carbocycles. The number of ether oxygens (including phenoxy) is 1. The molecule has 1 unspecified atom stereocenters. The predicted molar refractivity (Wildman–Crippen MR) is 113 cm³/mol. The van der Waals surface area contributed by atoms with Gasteiger partial charge >= 0.3 is 6.18 Å². The van der Waals surface area contributed by atoms with Crippen LogP contribution < -0.4 is 15.8 Å². The Labute approximate surface area is 182 Å². The summed E-state index contributed by atoms with van der Waals surface area (Å²) in [6, 6.07) is 11.1. The molecule has 3 N–H and O–H groups in total. The molecule has 0 aliphatic rings. The van der Waals surface area contributed by atoms with Gasteiger partial charge in [-0.3, -0.25) is 4.79 Å². The number of carbonyl (C=O) groups excluding carboxylic acids is 1. The van der Waals surface area contributed by atoms with E-state index >= 15 is 0 Å². The second kappa shape index (κ2) is 8.85. The number of pyridine rings is 1. The Morgan fingerprint density at radius 2 is 1.94 bits per heavy atom. The first-order valence-corrected chi connectivity index (χ1v) is 9.59. The molecular formula is C22H19ClF3N3O2. The monoisotopic (exact) mass is 449 g/mol. The highest BCUT2D eigenvalue weighted by atomic mass is 35.5. The van der Waals surface area contributed by atoms with E-state index in [1.165, 1.54) is 18.3 Å². The number of nitrogens with one attached hydrogen (secondary N) is 1. The lowest BCUT2D eigenvalue weighted by molar-refractivity contribution is -0.137. The summed E-state index contributed by atoms with van der Waals surface area (Å²) >= 11 is 5.93. The molecule has 1 amide bonds. The number of halogens is 4. The highest BCUT2D eigenvalue weighted by Gasteiger charge is 2.31. The molecule has 0 saturated carbocycles. The van der Waals surface area contributed by atoms with Crippen LogP contribution in [0.4, 0.5) is 24.7 Å². The maximum atomic E-state index is 12.9. The zero-order valence-electron chi connectivity index (χ0n) is 16.6. The van der Waals surface area contributed by atoms with Gasteiger partial charge in [0.15, 0.2) is 11.6 Å². The first-order chi connectivity index (χ1) is 14.5. The van der Waals surface area contributed by atoms with Crippen LogP contribution in [0.5, 0.6) is 5.75 Å². The molecule has 0 saturated heterocycles. The highest BCUT2D eigenvalue weighted by molar-refractivity contribution is 6.30. The van der Waals surface area contributed by atoms with Gasteiger partial charge in [0, 0.05) is 23.5 Å². The van der Waals surface area contributed by atoms with Gasteiger partial charge in [0.05, 0.1) is 10.6 Å². The van der Waals surface area contributed by atoms with Gasteiger partial charge in [-0.2, -0.15) is 13.2 Å². The maximum absolute atomic E-state index is 12.9. The van der Waals surface area contributed by atoms with Crippen molar-refractivity contribution in [1.29, 1.82) is 0 Å². The third-order valence-electron chi connectivity index (χ3n) is 4.58. The molecule has 0 aliphatic carbocycles. The summed E-state index contributed by atoms with van der Waals surface area (Å²) in [5.41, 5.74) is 6.73. The van der Waals surface area contributed by atoms with Crippen LogP contribution in [-0.2, 0) is 6.18 Å². The van der Waals surface area contributed by atoms with Crippen molar-refractivity contribution in [3.05, 3.63) is 82.0 Å². The molecule has 162 valence electrons. The summed E-state index contributed by atoms with van der Waals surface area (Å²) in [5, 5.41) is 3.03. The highest BCUT2D eigenvalue weighted by Crippen LogP contribution is 2.31. The zero-order valence-corrected chi connectivity index (χ0v) is 17.4. The Bertz CT molecular complexity index is 1120. The van der Waals surface area contributed by atoms with Crippen LogP contribution in [-0.4, -0.2) is 10.9 Å². The molecule has 0 fully saturated rings. The molecule has 3 rings (SSSR count). The van der Waals surface area contributed by atoms with Crippen molar-refractivity contribution in [3.8, 4) is 5.75 Å². The minimum atomic E-state index is -4.53. The second-order valence-corrected chi connectivity index (χ2v) is 7.34. The standard InChI is InChI=1S/C22H19ClF3N3O2/c1-12-6-7-14(13(2)31-19-10-17(23)11-28-20(19)27)9-18(12)29-21(30)15-4-3-5-16(8-15)22(24,25)26/h3-11,13H,1-2H3,(H2,27,28)(H,29,30). The van der Waals surface area contributed by atoms with Crippen LogP contribution in [0.15, 0.2) is 54.7 Å². The van der Waals surface area contributed by atoms with Crippen molar-refractivity contribution >= 4 is 29.0 Å². The molecule has 5 nitrogen and oxygen atoms in total. The number of nitrogen functional groups attached to an aromatic ring is 1. The van der Waals surface area contributed by atoms with Crippen molar-refractivity contribution in [2.75, 3.05) is 11.1 Å². The number of hydrogen-bond donors (Lipinski definition) is 2. The molecule has 9 heteroatoms. The van der Waals surface area contributed by atoms with Gasteiger partial charge in [-0.15, -0.1) is 0 Å². The smallest absolute Gasteiger partial charge is 0.416 e. The van der Waals surface area contributed by atoms with Crippen molar-refractivity contribution in [2.45, 2.75) is 26.1 Å².